The summed E-state index contributed by atoms with van der Waals surface area (Å²) >= 11 is 1.71. The van der Waals surface area contributed by atoms with Gasteiger partial charge in [-0.1, -0.05) is 23.9 Å². The smallest absolute Gasteiger partial charge is 0.243 e. The highest BCUT2D eigenvalue weighted by Crippen LogP contribution is 2.36. The van der Waals surface area contributed by atoms with Crippen molar-refractivity contribution in [1.82, 2.24) is 13.9 Å². The quantitative estimate of drug-likeness (QED) is 0.440. The third-order valence-corrected chi connectivity index (χ3v) is 9.29. The second kappa shape index (κ2) is 8.72. The molecule has 1 aromatic heterocycles. The largest absolute Gasteiger partial charge is 0.496 e. The predicted octanol–water partition coefficient (Wildman–Crippen LogP) is 4.84. The van der Waals surface area contributed by atoms with Gasteiger partial charge in [0.15, 0.2) is 5.16 Å². The first-order chi connectivity index (χ1) is 15.5. The number of ether oxygens (including phenoxy) is 1. The molecule has 6 nitrogen and oxygen atoms in total. The third kappa shape index (κ3) is 4.28. The fourth-order valence-corrected chi connectivity index (χ4v) is 6.85. The van der Waals surface area contributed by atoms with Crippen molar-refractivity contribution in [3.8, 4) is 5.75 Å². The Morgan fingerprint density at radius 2 is 1.91 bits per heavy atom. The third-order valence-electron chi connectivity index (χ3n) is 6.35. The Bertz CT molecular complexity index is 1240. The van der Waals surface area contributed by atoms with Gasteiger partial charge in [-0.2, -0.15) is 4.31 Å². The van der Waals surface area contributed by atoms with Gasteiger partial charge in [-0.3, -0.25) is 0 Å². The van der Waals surface area contributed by atoms with E-state index < -0.39 is 10.0 Å². The highest BCUT2D eigenvalue weighted by Gasteiger charge is 2.29. The van der Waals surface area contributed by atoms with E-state index in [1.165, 1.54) is 18.4 Å². The van der Waals surface area contributed by atoms with Gasteiger partial charge < -0.3 is 9.30 Å². The molecule has 1 saturated carbocycles. The van der Waals surface area contributed by atoms with Crippen molar-refractivity contribution in [3.63, 3.8) is 0 Å². The molecule has 3 aromatic rings. The van der Waals surface area contributed by atoms with Crippen LogP contribution in [0.4, 0.5) is 0 Å². The van der Waals surface area contributed by atoms with Crippen LogP contribution in [0.1, 0.15) is 36.8 Å². The monoisotopic (exact) mass is 471 g/mol. The van der Waals surface area contributed by atoms with E-state index in [0.717, 1.165) is 52.6 Å². The molecule has 2 aliphatic rings. The zero-order valence-electron chi connectivity index (χ0n) is 18.6. The molecule has 170 valence electrons. The lowest BCUT2D eigenvalue weighted by molar-refractivity contribution is 0.411. The van der Waals surface area contributed by atoms with E-state index in [4.69, 9.17) is 9.72 Å². The minimum Gasteiger partial charge on any atom is -0.496 e. The van der Waals surface area contributed by atoms with Crippen LogP contribution >= 0.6 is 11.8 Å². The molecule has 0 radical (unpaired) electrons. The number of fused-ring (bicyclic) bond motifs is 1. The summed E-state index contributed by atoms with van der Waals surface area (Å²) in [6.07, 6.45) is 4.37. The fourth-order valence-electron chi connectivity index (χ4n) is 4.35. The molecular weight excluding hydrogens is 442 g/mol. The lowest BCUT2D eigenvalue weighted by Gasteiger charge is -2.15. The molecular formula is C24H29N3O3S2. The van der Waals surface area contributed by atoms with Gasteiger partial charge in [0.1, 0.15) is 5.75 Å². The van der Waals surface area contributed by atoms with Crippen molar-refractivity contribution in [2.45, 2.75) is 55.0 Å². The van der Waals surface area contributed by atoms with Crippen molar-refractivity contribution in [1.29, 1.82) is 0 Å². The Morgan fingerprint density at radius 3 is 2.59 bits per heavy atom. The average molecular weight is 472 g/mol. The first kappa shape index (κ1) is 21.8. The number of imidazole rings is 1. The average Bonchev–Trinajstić information content (AvgIpc) is 3.29. The van der Waals surface area contributed by atoms with Crippen molar-refractivity contribution < 1.29 is 13.2 Å². The molecule has 2 heterocycles. The van der Waals surface area contributed by atoms with E-state index in [0.29, 0.717) is 23.9 Å². The maximum atomic E-state index is 13.0. The molecule has 0 amide bonds. The lowest BCUT2D eigenvalue weighted by atomic mass is 10.1. The summed E-state index contributed by atoms with van der Waals surface area (Å²) in [7, 11) is -1.76. The number of methoxy groups -OCH3 is 1. The maximum Gasteiger partial charge on any atom is 0.243 e. The van der Waals surface area contributed by atoms with E-state index in [9.17, 15) is 8.42 Å². The summed E-state index contributed by atoms with van der Waals surface area (Å²) < 4.78 is 35.3. The molecule has 32 heavy (non-hydrogen) atoms. The molecule has 1 aliphatic carbocycles. The van der Waals surface area contributed by atoms with Crippen LogP contribution < -0.4 is 4.74 Å². The van der Waals surface area contributed by atoms with Gasteiger partial charge in [-0.25, -0.2) is 13.4 Å². The van der Waals surface area contributed by atoms with Crippen LogP contribution in [0.5, 0.6) is 5.75 Å². The summed E-state index contributed by atoms with van der Waals surface area (Å²) in [6.45, 7) is 4.22. The van der Waals surface area contributed by atoms with Crippen LogP contribution in [-0.4, -0.2) is 42.5 Å². The maximum absolute atomic E-state index is 13.0. The van der Waals surface area contributed by atoms with Gasteiger partial charge in [0.05, 0.1) is 23.0 Å². The van der Waals surface area contributed by atoms with Crippen LogP contribution in [0.3, 0.4) is 0 Å². The van der Waals surface area contributed by atoms with Gasteiger partial charge in [-0.15, -0.1) is 0 Å². The molecule has 0 N–H and O–H groups in total. The molecule has 1 saturated heterocycles. The Labute approximate surface area is 194 Å². The predicted molar refractivity (Wildman–Crippen MR) is 128 cm³/mol. The summed E-state index contributed by atoms with van der Waals surface area (Å²) in [6, 6.07) is 11.7. The van der Waals surface area contributed by atoms with Crippen molar-refractivity contribution in [3.05, 3.63) is 47.5 Å². The molecule has 5 rings (SSSR count). The number of thioether (sulfide) groups is 1. The summed E-state index contributed by atoms with van der Waals surface area (Å²) in [5, 5.41) is 0.955. The molecule has 2 aromatic carbocycles. The summed E-state index contributed by atoms with van der Waals surface area (Å²) in [5.41, 5.74) is 4.12. The van der Waals surface area contributed by atoms with E-state index in [1.807, 2.05) is 12.1 Å². The first-order valence-corrected chi connectivity index (χ1v) is 13.6. The van der Waals surface area contributed by atoms with Gasteiger partial charge in [0.2, 0.25) is 10.0 Å². The van der Waals surface area contributed by atoms with Crippen LogP contribution in [-0.2, 0) is 22.3 Å². The standard InChI is InChI=1S/C24H29N3O3S2/c1-17-13-19(7-10-23(17)30-2)16-31-24-25-21-14-20(32(28,29)26-11-3-4-12-26)8-9-22(21)27(24)15-18-5-6-18/h7-10,13-14,18H,3-6,11-12,15-16H2,1-2H3. The second-order valence-electron chi connectivity index (χ2n) is 8.80. The van der Waals surface area contributed by atoms with Gasteiger partial charge >= 0.3 is 0 Å². The number of nitrogens with zero attached hydrogens (tertiary/aromatic N) is 3. The molecule has 0 bridgehead atoms. The molecule has 0 unspecified atom stereocenters. The zero-order valence-corrected chi connectivity index (χ0v) is 20.2. The Morgan fingerprint density at radius 1 is 1.12 bits per heavy atom. The minimum atomic E-state index is -3.45. The fraction of sp³-hybridized carbons (Fsp3) is 0.458. The zero-order chi connectivity index (χ0) is 22.3. The number of benzene rings is 2. The number of sulfonamides is 1. The van der Waals surface area contributed by atoms with Gasteiger partial charge in [-0.05, 0) is 73.9 Å². The van der Waals surface area contributed by atoms with E-state index in [1.54, 1.807) is 35.3 Å². The number of hydrogen-bond acceptors (Lipinski definition) is 5. The number of rotatable bonds is 8. The number of aryl methyl sites for hydroxylation is 1. The highest BCUT2D eigenvalue weighted by atomic mass is 32.2. The minimum absolute atomic E-state index is 0.352. The van der Waals surface area contributed by atoms with E-state index in [-0.39, 0.29) is 0 Å². The normalized spacial score (nSPS) is 17.3. The van der Waals surface area contributed by atoms with Gasteiger partial charge in [0, 0.05) is 25.4 Å². The Kier molecular flexibility index (Phi) is 5.94. The molecule has 0 atom stereocenters. The van der Waals surface area contributed by atoms with Gasteiger partial charge in [0.25, 0.3) is 0 Å². The first-order valence-electron chi connectivity index (χ1n) is 11.2. The van der Waals surface area contributed by atoms with E-state index >= 15 is 0 Å². The van der Waals surface area contributed by atoms with Crippen LogP contribution in [0, 0.1) is 12.8 Å². The SMILES string of the molecule is COc1ccc(CSc2nc3cc(S(=O)(=O)N4CCCC4)ccc3n2CC2CC2)cc1C. The lowest BCUT2D eigenvalue weighted by Crippen LogP contribution is -2.27. The van der Waals surface area contributed by atoms with Crippen LogP contribution in [0.15, 0.2) is 46.5 Å². The Hall–Kier alpha value is -2.03. The second-order valence-corrected chi connectivity index (χ2v) is 11.7. The number of hydrogen-bond donors (Lipinski definition) is 0. The molecule has 8 heteroatoms. The highest BCUT2D eigenvalue weighted by molar-refractivity contribution is 7.98. The molecule has 1 aliphatic heterocycles. The van der Waals surface area contributed by atoms with Crippen LogP contribution in [0.2, 0.25) is 0 Å². The Balaban J connectivity index is 1.45. The molecule has 0 spiro atoms. The summed E-state index contributed by atoms with van der Waals surface area (Å²) in [4.78, 5) is 5.24. The van der Waals surface area contributed by atoms with Crippen molar-refractivity contribution >= 4 is 32.8 Å². The summed E-state index contributed by atoms with van der Waals surface area (Å²) in [5.74, 6) is 2.40. The topological polar surface area (TPSA) is 64.4 Å². The molecule has 2 fully saturated rings. The van der Waals surface area contributed by atoms with E-state index in [2.05, 4.69) is 23.6 Å². The van der Waals surface area contributed by atoms with Crippen molar-refractivity contribution in [2.75, 3.05) is 20.2 Å². The van der Waals surface area contributed by atoms with Crippen LogP contribution in [0.25, 0.3) is 11.0 Å². The van der Waals surface area contributed by atoms with Crippen molar-refractivity contribution in [2.24, 2.45) is 5.92 Å². The number of aromatic nitrogens is 2.